The Morgan fingerprint density at radius 3 is 2.17 bits per heavy atom. The molecule has 0 N–H and O–H groups in total. The van der Waals surface area contributed by atoms with Gasteiger partial charge in [0, 0.05) is 87.6 Å². The van der Waals surface area contributed by atoms with Crippen LogP contribution in [0.4, 0.5) is 0 Å². The van der Waals surface area contributed by atoms with E-state index in [1.165, 1.54) is 78.0 Å². The first-order valence-corrected chi connectivity index (χ1v) is 17.4. The summed E-state index contributed by atoms with van der Waals surface area (Å²) < 4.78 is 13.5. The van der Waals surface area contributed by atoms with E-state index in [4.69, 9.17) is 9.47 Å². The van der Waals surface area contributed by atoms with Crippen LogP contribution >= 0.6 is 0 Å². The van der Waals surface area contributed by atoms with Crippen molar-refractivity contribution in [3.8, 4) is 11.5 Å². The molecule has 8 heteroatoms. The standard InChI is InChI=1S/C39H49N5O3/c1-29-30(2)44(15-4-14-41-19-17-40(3)18-20-41)36-11-7-33(26-35(29)36)25-31-5-9-34(10-6-31)39(45)43-23-21-42(22-24-43)16-13-32-8-12-37-38(27-32)47-28-46-37/h5-12,26-27H,4,13-25,28H2,1-3H3. The molecule has 0 radical (unpaired) electrons. The number of nitrogens with zero attached hydrogens (tertiary/aromatic N) is 5. The first-order valence-electron chi connectivity index (χ1n) is 17.4. The Morgan fingerprint density at radius 2 is 1.38 bits per heavy atom. The molecule has 248 valence electrons. The normalized spacial score (nSPS) is 17.6. The zero-order valence-electron chi connectivity index (χ0n) is 28.3. The van der Waals surface area contributed by atoms with E-state index in [2.05, 4.69) is 82.6 Å². The van der Waals surface area contributed by atoms with Gasteiger partial charge in [-0.2, -0.15) is 0 Å². The number of hydrogen-bond donors (Lipinski definition) is 0. The maximum Gasteiger partial charge on any atom is 0.253 e. The van der Waals surface area contributed by atoms with Crippen molar-refractivity contribution in [2.45, 2.75) is 39.7 Å². The number of carbonyl (C=O) groups excluding carboxylic acids is 1. The Labute approximate surface area is 279 Å². The molecular formula is C39H49N5O3. The second-order valence-corrected chi connectivity index (χ2v) is 13.7. The summed E-state index contributed by atoms with van der Waals surface area (Å²) in [5.41, 5.74) is 8.68. The van der Waals surface area contributed by atoms with Gasteiger partial charge in [-0.05, 0) is 105 Å². The molecule has 7 rings (SSSR count). The molecule has 4 aromatic rings. The zero-order chi connectivity index (χ0) is 32.3. The molecule has 0 atom stereocenters. The van der Waals surface area contributed by atoms with Crippen LogP contribution in [0.25, 0.3) is 10.9 Å². The van der Waals surface area contributed by atoms with Gasteiger partial charge in [0.1, 0.15) is 0 Å². The van der Waals surface area contributed by atoms with Gasteiger partial charge in [-0.15, -0.1) is 0 Å². The highest BCUT2D eigenvalue weighted by Gasteiger charge is 2.23. The molecule has 0 unspecified atom stereocenters. The predicted octanol–water partition coefficient (Wildman–Crippen LogP) is 5.22. The van der Waals surface area contributed by atoms with Gasteiger partial charge in [0.05, 0.1) is 0 Å². The Morgan fingerprint density at radius 1 is 0.702 bits per heavy atom. The minimum Gasteiger partial charge on any atom is -0.454 e. The molecule has 2 saturated heterocycles. The van der Waals surface area contributed by atoms with Crippen LogP contribution in [0.15, 0.2) is 60.7 Å². The number of aromatic nitrogens is 1. The highest BCUT2D eigenvalue weighted by Crippen LogP contribution is 2.33. The summed E-state index contributed by atoms with van der Waals surface area (Å²) in [6, 6.07) is 21.4. The number of fused-ring (bicyclic) bond motifs is 2. The second kappa shape index (κ2) is 14.1. The van der Waals surface area contributed by atoms with Gasteiger partial charge < -0.3 is 28.7 Å². The fraction of sp³-hybridized carbons (Fsp3) is 0.462. The predicted molar refractivity (Wildman–Crippen MR) is 188 cm³/mol. The molecule has 1 aromatic heterocycles. The molecule has 0 saturated carbocycles. The molecule has 3 aliphatic heterocycles. The van der Waals surface area contributed by atoms with E-state index in [9.17, 15) is 4.79 Å². The van der Waals surface area contributed by atoms with Crippen molar-refractivity contribution >= 4 is 16.8 Å². The number of piperazine rings is 2. The number of hydrogen-bond acceptors (Lipinski definition) is 6. The molecule has 8 nitrogen and oxygen atoms in total. The van der Waals surface area contributed by atoms with E-state index in [0.29, 0.717) is 6.79 Å². The van der Waals surface area contributed by atoms with Crippen molar-refractivity contribution in [1.82, 2.24) is 24.2 Å². The Balaban J connectivity index is 0.903. The van der Waals surface area contributed by atoms with Gasteiger partial charge in [0.25, 0.3) is 5.91 Å². The van der Waals surface area contributed by atoms with Crippen LogP contribution in [-0.4, -0.2) is 109 Å². The van der Waals surface area contributed by atoms with Crippen LogP contribution in [0, 0.1) is 13.8 Å². The van der Waals surface area contributed by atoms with Crippen LogP contribution in [0.2, 0.25) is 0 Å². The van der Waals surface area contributed by atoms with Crippen molar-refractivity contribution in [1.29, 1.82) is 0 Å². The summed E-state index contributed by atoms with van der Waals surface area (Å²) in [6.45, 7) is 16.1. The maximum atomic E-state index is 13.3. The van der Waals surface area contributed by atoms with Crippen molar-refractivity contribution in [3.63, 3.8) is 0 Å². The third-order valence-electron chi connectivity index (χ3n) is 10.6. The molecule has 47 heavy (non-hydrogen) atoms. The fourth-order valence-corrected chi connectivity index (χ4v) is 7.36. The molecule has 0 spiro atoms. The molecule has 3 aromatic carbocycles. The number of benzene rings is 3. The highest BCUT2D eigenvalue weighted by atomic mass is 16.7. The number of rotatable bonds is 10. The van der Waals surface area contributed by atoms with Crippen molar-refractivity contribution in [3.05, 3.63) is 94.2 Å². The fourth-order valence-electron chi connectivity index (χ4n) is 7.36. The van der Waals surface area contributed by atoms with E-state index >= 15 is 0 Å². The largest absolute Gasteiger partial charge is 0.454 e. The molecule has 0 aliphatic carbocycles. The lowest BCUT2D eigenvalue weighted by atomic mass is 10.0. The molecular weight excluding hydrogens is 586 g/mol. The number of likely N-dealkylation sites (N-methyl/N-ethyl adjacent to an activating group) is 1. The van der Waals surface area contributed by atoms with Crippen LogP contribution in [0.5, 0.6) is 11.5 Å². The smallest absolute Gasteiger partial charge is 0.253 e. The summed E-state index contributed by atoms with van der Waals surface area (Å²) in [5.74, 6) is 1.80. The van der Waals surface area contributed by atoms with Crippen LogP contribution in [0.1, 0.15) is 44.7 Å². The minimum absolute atomic E-state index is 0.133. The molecule has 4 heterocycles. The summed E-state index contributed by atoms with van der Waals surface area (Å²) in [5, 5.41) is 1.36. The average Bonchev–Trinajstić information content (AvgIpc) is 3.66. The third-order valence-corrected chi connectivity index (χ3v) is 10.6. The summed E-state index contributed by atoms with van der Waals surface area (Å²) in [6.07, 6.45) is 3.00. The van der Waals surface area contributed by atoms with E-state index < -0.39 is 0 Å². The average molecular weight is 636 g/mol. The minimum atomic E-state index is 0.133. The zero-order valence-corrected chi connectivity index (χ0v) is 28.3. The lowest BCUT2D eigenvalue weighted by molar-refractivity contribution is 0.0638. The lowest BCUT2D eigenvalue weighted by Crippen LogP contribution is -2.49. The Kier molecular flexibility index (Phi) is 9.52. The monoisotopic (exact) mass is 635 g/mol. The van der Waals surface area contributed by atoms with Crippen LogP contribution < -0.4 is 9.47 Å². The van der Waals surface area contributed by atoms with Gasteiger partial charge in [-0.1, -0.05) is 24.3 Å². The first-order chi connectivity index (χ1) is 22.9. The summed E-state index contributed by atoms with van der Waals surface area (Å²) >= 11 is 0. The maximum absolute atomic E-state index is 13.3. The summed E-state index contributed by atoms with van der Waals surface area (Å²) in [7, 11) is 2.22. The Hall–Kier alpha value is -3.85. The SMILES string of the molecule is Cc1c(C)n(CCCN2CCN(C)CC2)c2ccc(Cc3ccc(C(=O)N4CCN(CCc5ccc6c(c5)OCO6)CC4)cc3)cc12. The van der Waals surface area contributed by atoms with Gasteiger partial charge in [0.2, 0.25) is 6.79 Å². The lowest BCUT2D eigenvalue weighted by Gasteiger charge is -2.34. The quantitative estimate of drug-likeness (QED) is 0.239. The van der Waals surface area contributed by atoms with Gasteiger partial charge >= 0.3 is 0 Å². The Bertz CT molecular complexity index is 1700. The molecule has 3 aliphatic rings. The van der Waals surface area contributed by atoms with Gasteiger partial charge in [-0.25, -0.2) is 0 Å². The first kappa shape index (κ1) is 31.7. The van der Waals surface area contributed by atoms with Gasteiger partial charge in [0.15, 0.2) is 11.5 Å². The van der Waals surface area contributed by atoms with Crippen molar-refractivity contribution < 1.29 is 14.3 Å². The topological polar surface area (TPSA) is 53.4 Å². The summed E-state index contributed by atoms with van der Waals surface area (Å²) in [4.78, 5) is 22.8. The van der Waals surface area contributed by atoms with Crippen LogP contribution in [0.3, 0.4) is 0 Å². The van der Waals surface area contributed by atoms with Crippen LogP contribution in [-0.2, 0) is 19.4 Å². The number of amides is 1. The highest BCUT2D eigenvalue weighted by molar-refractivity contribution is 5.94. The molecule has 1 amide bonds. The van der Waals surface area contributed by atoms with E-state index in [0.717, 1.165) is 69.2 Å². The second-order valence-electron chi connectivity index (χ2n) is 13.7. The van der Waals surface area contributed by atoms with Gasteiger partial charge in [-0.3, -0.25) is 9.69 Å². The number of ether oxygens (including phenoxy) is 2. The third kappa shape index (κ3) is 7.20. The molecule has 2 fully saturated rings. The van der Waals surface area contributed by atoms with E-state index in [1.807, 2.05) is 23.1 Å². The van der Waals surface area contributed by atoms with E-state index in [-0.39, 0.29) is 5.91 Å². The van der Waals surface area contributed by atoms with Crippen molar-refractivity contribution in [2.24, 2.45) is 0 Å². The molecule has 0 bridgehead atoms. The number of carbonyl (C=O) groups is 1. The van der Waals surface area contributed by atoms with Crippen molar-refractivity contribution in [2.75, 3.05) is 79.3 Å². The van der Waals surface area contributed by atoms with E-state index in [1.54, 1.807) is 0 Å². The number of aryl methyl sites for hydroxylation is 2.